The summed E-state index contributed by atoms with van der Waals surface area (Å²) in [7, 11) is 0. The van der Waals surface area contributed by atoms with Crippen LogP contribution in [0.4, 0.5) is 0 Å². The van der Waals surface area contributed by atoms with Gasteiger partial charge in [0.2, 0.25) is 0 Å². The summed E-state index contributed by atoms with van der Waals surface area (Å²) in [5.74, 6) is -0.523. The number of ketones is 2. The number of nitrogens with zero attached hydrogens (tertiary/aromatic N) is 3. The molecule has 5 heteroatoms. The maximum Gasteiger partial charge on any atom is 0.154 e. The highest BCUT2D eigenvalue weighted by molar-refractivity contribution is 6.12. The molecular weight excluding hydrogens is 134 g/mol. The summed E-state index contributed by atoms with van der Waals surface area (Å²) in [6.07, 6.45) is 0.449. The molecule has 0 radical (unpaired) electrons. The minimum absolute atomic E-state index is 0.225. The number of hydrogen-bond acceptors (Lipinski definition) is 3. The van der Waals surface area contributed by atoms with Gasteiger partial charge in [-0.15, -0.1) is 0 Å². The molecule has 0 aromatic rings. The van der Waals surface area contributed by atoms with Crippen molar-refractivity contribution >= 4 is 11.6 Å². The number of hydrogen-bond donors (Lipinski definition) is 0. The second-order valence-corrected chi connectivity index (χ2v) is 2.04. The topological polar surface area (TPSA) is 82.9 Å². The Morgan fingerprint density at radius 2 is 1.90 bits per heavy atom. The van der Waals surface area contributed by atoms with Crippen molar-refractivity contribution in [2.24, 2.45) is 5.11 Å². The van der Waals surface area contributed by atoms with E-state index >= 15 is 0 Å². The van der Waals surface area contributed by atoms with Crippen LogP contribution in [0.3, 0.4) is 0 Å². The first-order valence-electron chi connectivity index (χ1n) is 2.85. The van der Waals surface area contributed by atoms with Gasteiger partial charge in [-0.25, -0.2) is 0 Å². The number of azide groups is 1. The number of Topliss-reactive ketones (excluding diaryl/α,β-unsaturated/α-hetero) is 2. The van der Waals surface area contributed by atoms with Crippen molar-refractivity contribution < 1.29 is 9.59 Å². The summed E-state index contributed by atoms with van der Waals surface area (Å²) in [5.41, 5.74) is 7.92. The van der Waals surface area contributed by atoms with Crippen molar-refractivity contribution in [2.75, 3.05) is 0 Å². The Labute approximate surface area is 56.6 Å². The minimum atomic E-state index is -1.02. The first-order valence-corrected chi connectivity index (χ1v) is 2.85. The second-order valence-electron chi connectivity index (χ2n) is 2.04. The van der Waals surface area contributed by atoms with Gasteiger partial charge < -0.3 is 0 Å². The SMILES string of the molecule is [N-]=[N+]=NC1C(=O)CCC1=O. The van der Waals surface area contributed by atoms with E-state index in [1.807, 2.05) is 0 Å². The summed E-state index contributed by atoms with van der Waals surface area (Å²) in [6.45, 7) is 0. The lowest BCUT2D eigenvalue weighted by Crippen LogP contribution is -2.17. The molecule has 5 nitrogen and oxygen atoms in total. The molecule has 52 valence electrons. The maximum atomic E-state index is 10.7. The normalized spacial score (nSPS) is 19.2. The molecule has 1 saturated carbocycles. The molecule has 1 aliphatic carbocycles. The Bertz CT molecular complexity index is 213. The molecule has 0 unspecified atom stereocenters. The molecule has 0 amide bonds. The molecule has 1 rings (SSSR count). The molecule has 0 N–H and O–H groups in total. The van der Waals surface area contributed by atoms with E-state index < -0.39 is 6.04 Å². The third kappa shape index (κ3) is 0.989. The molecule has 1 fully saturated rings. The fraction of sp³-hybridized carbons (Fsp3) is 0.600. The first-order chi connectivity index (χ1) is 4.75. The lowest BCUT2D eigenvalue weighted by molar-refractivity contribution is -0.123. The van der Waals surface area contributed by atoms with Crippen LogP contribution in [0, 0.1) is 0 Å². The summed E-state index contributed by atoms with van der Waals surface area (Å²) in [6, 6.07) is -1.02. The molecule has 0 atom stereocenters. The molecule has 0 aromatic heterocycles. The van der Waals surface area contributed by atoms with Crippen LogP contribution >= 0.6 is 0 Å². The van der Waals surface area contributed by atoms with Crippen molar-refractivity contribution in [3.63, 3.8) is 0 Å². The van der Waals surface area contributed by atoms with Gasteiger partial charge in [-0.1, -0.05) is 5.11 Å². The van der Waals surface area contributed by atoms with Gasteiger partial charge in [0.15, 0.2) is 6.04 Å². The molecule has 0 aliphatic heterocycles. The largest absolute Gasteiger partial charge is 0.299 e. The average molecular weight is 139 g/mol. The molecule has 0 aromatic carbocycles. The van der Waals surface area contributed by atoms with E-state index in [0.29, 0.717) is 0 Å². The Morgan fingerprint density at radius 3 is 2.30 bits per heavy atom. The summed E-state index contributed by atoms with van der Waals surface area (Å²) in [5, 5.41) is 3.07. The molecule has 1 aliphatic rings. The fourth-order valence-electron chi connectivity index (χ4n) is 0.880. The summed E-state index contributed by atoms with van der Waals surface area (Å²) in [4.78, 5) is 23.8. The highest BCUT2D eigenvalue weighted by Crippen LogP contribution is 2.13. The lowest BCUT2D eigenvalue weighted by Gasteiger charge is -1.91. The van der Waals surface area contributed by atoms with Crippen molar-refractivity contribution in [2.45, 2.75) is 18.9 Å². The third-order valence-corrected chi connectivity index (χ3v) is 1.39. The van der Waals surface area contributed by atoms with Gasteiger partial charge in [-0.2, -0.15) is 0 Å². The first kappa shape index (κ1) is 6.77. The van der Waals surface area contributed by atoms with Crippen molar-refractivity contribution in [1.82, 2.24) is 0 Å². The van der Waals surface area contributed by atoms with Gasteiger partial charge >= 0.3 is 0 Å². The van der Waals surface area contributed by atoms with Crippen LogP contribution in [-0.2, 0) is 9.59 Å². The summed E-state index contributed by atoms with van der Waals surface area (Å²) >= 11 is 0. The number of carbonyl (C=O) groups excluding carboxylic acids is 2. The minimum Gasteiger partial charge on any atom is -0.299 e. The van der Waals surface area contributed by atoms with Crippen LogP contribution in [0.2, 0.25) is 0 Å². The average Bonchev–Trinajstić information content (AvgIpc) is 2.20. The Balaban J connectivity index is 2.81. The smallest absolute Gasteiger partial charge is 0.154 e. The van der Waals surface area contributed by atoms with Crippen molar-refractivity contribution in [3.05, 3.63) is 10.4 Å². The van der Waals surface area contributed by atoms with Gasteiger partial charge in [0.25, 0.3) is 0 Å². The standard InChI is InChI=1S/C5H5N3O2/c6-8-7-5-3(9)1-2-4(5)10/h5H,1-2H2. The number of rotatable bonds is 1. The Kier molecular flexibility index (Phi) is 1.69. The third-order valence-electron chi connectivity index (χ3n) is 1.39. The maximum absolute atomic E-state index is 10.7. The van der Waals surface area contributed by atoms with Crippen LogP contribution in [0.15, 0.2) is 5.11 Å². The van der Waals surface area contributed by atoms with E-state index in [2.05, 4.69) is 10.0 Å². The zero-order valence-corrected chi connectivity index (χ0v) is 5.15. The van der Waals surface area contributed by atoms with Crippen LogP contribution in [-0.4, -0.2) is 17.6 Å². The second kappa shape index (κ2) is 2.49. The van der Waals surface area contributed by atoms with Crippen LogP contribution in [0.5, 0.6) is 0 Å². The monoisotopic (exact) mass is 139 g/mol. The molecule has 0 bridgehead atoms. The van der Waals surface area contributed by atoms with E-state index in [1.165, 1.54) is 0 Å². The predicted octanol–water partition coefficient (Wildman–Crippen LogP) is 0.597. The van der Waals surface area contributed by atoms with Crippen LogP contribution in [0.1, 0.15) is 12.8 Å². The van der Waals surface area contributed by atoms with Crippen LogP contribution in [0.25, 0.3) is 10.4 Å². The van der Waals surface area contributed by atoms with Gasteiger partial charge in [-0.3, -0.25) is 9.59 Å². The van der Waals surface area contributed by atoms with Gasteiger partial charge in [0, 0.05) is 17.8 Å². The molecule has 0 heterocycles. The molecule has 0 saturated heterocycles. The Morgan fingerprint density at radius 1 is 1.40 bits per heavy atom. The van der Waals surface area contributed by atoms with Gasteiger partial charge in [0.05, 0.1) is 0 Å². The quantitative estimate of drug-likeness (QED) is 0.230. The summed E-state index contributed by atoms with van der Waals surface area (Å²) < 4.78 is 0. The van der Waals surface area contributed by atoms with Crippen molar-refractivity contribution in [3.8, 4) is 0 Å². The predicted molar refractivity (Wildman–Crippen MR) is 32.2 cm³/mol. The lowest BCUT2D eigenvalue weighted by atomic mass is 10.2. The highest BCUT2D eigenvalue weighted by atomic mass is 16.2. The van der Waals surface area contributed by atoms with E-state index in [0.717, 1.165) is 0 Å². The van der Waals surface area contributed by atoms with Gasteiger partial charge in [-0.05, 0) is 5.53 Å². The fourth-order valence-corrected chi connectivity index (χ4v) is 0.880. The van der Waals surface area contributed by atoms with E-state index in [1.54, 1.807) is 0 Å². The van der Waals surface area contributed by atoms with Crippen molar-refractivity contribution in [1.29, 1.82) is 0 Å². The highest BCUT2D eigenvalue weighted by Gasteiger charge is 2.31. The van der Waals surface area contributed by atoms with E-state index in [4.69, 9.17) is 5.53 Å². The zero-order valence-electron chi connectivity index (χ0n) is 5.15. The zero-order chi connectivity index (χ0) is 7.56. The van der Waals surface area contributed by atoms with E-state index in [-0.39, 0.29) is 24.4 Å². The molecular formula is C5H5N3O2. The van der Waals surface area contributed by atoms with E-state index in [9.17, 15) is 9.59 Å². The molecule has 10 heavy (non-hydrogen) atoms. The molecule has 0 spiro atoms. The Hall–Kier alpha value is -1.35. The van der Waals surface area contributed by atoms with Crippen LogP contribution < -0.4 is 0 Å². The number of carbonyl (C=O) groups is 2. The van der Waals surface area contributed by atoms with Gasteiger partial charge in [0.1, 0.15) is 11.6 Å².